The van der Waals surface area contributed by atoms with Crippen molar-refractivity contribution in [2.24, 2.45) is 10.6 Å². The lowest BCUT2D eigenvalue weighted by Crippen LogP contribution is -2.23. The molecule has 1 aromatic heterocycles. The largest absolute Gasteiger partial charge is 0.487 e. The molecular weight excluding hydrogens is 492 g/mol. The van der Waals surface area contributed by atoms with Crippen LogP contribution in [0.1, 0.15) is 55.7 Å². The van der Waals surface area contributed by atoms with Crippen LogP contribution in [0.25, 0.3) is 11.5 Å². The van der Waals surface area contributed by atoms with Crippen LogP contribution in [0.2, 0.25) is 0 Å². The van der Waals surface area contributed by atoms with E-state index in [4.69, 9.17) is 14.0 Å². The highest BCUT2D eigenvalue weighted by atomic mass is 16.6. The molecule has 3 aromatic carbocycles. The zero-order chi connectivity index (χ0) is 27.7. The summed E-state index contributed by atoms with van der Waals surface area (Å²) in [7, 11) is 0. The lowest BCUT2D eigenvalue weighted by molar-refractivity contribution is -0.147. The molecule has 1 N–H and O–H groups in total. The van der Waals surface area contributed by atoms with Crippen LogP contribution >= 0.6 is 0 Å². The van der Waals surface area contributed by atoms with E-state index in [-0.39, 0.29) is 0 Å². The first-order valence-electron chi connectivity index (χ1n) is 13.0. The van der Waals surface area contributed by atoms with Crippen molar-refractivity contribution in [3.63, 3.8) is 0 Å². The SMILES string of the molecule is Cc1oc(-c2ccccc2)nc1COc1ccc(CON=C(CCCC(C)(C)C(=O)O)c2ccccc2)cc1. The summed E-state index contributed by atoms with van der Waals surface area (Å²) in [6.07, 6.45) is 1.87. The van der Waals surface area contributed by atoms with Crippen LogP contribution < -0.4 is 4.74 Å². The fourth-order valence-electron chi connectivity index (χ4n) is 3.96. The molecule has 0 amide bonds. The van der Waals surface area contributed by atoms with Crippen LogP contribution in [0, 0.1) is 12.3 Å². The van der Waals surface area contributed by atoms with Gasteiger partial charge in [-0.3, -0.25) is 4.79 Å². The van der Waals surface area contributed by atoms with Gasteiger partial charge in [-0.05, 0) is 75.4 Å². The van der Waals surface area contributed by atoms with Crippen molar-refractivity contribution in [3.05, 3.63) is 108 Å². The molecule has 0 radical (unpaired) electrons. The zero-order valence-electron chi connectivity index (χ0n) is 22.6. The van der Waals surface area contributed by atoms with Crippen LogP contribution in [-0.2, 0) is 22.8 Å². The molecular formula is C32H34N2O5. The first-order valence-corrected chi connectivity index (χ1v) is 13.0. The van der Waals surface area contributed by atoms with Crippen LogP contribution in [0.4, 0.5) is 0 Å². The summed E-state index contributed by atoms with van der Waals surface area (Å²) in [5.41, 5.74) is 3.63. The van der Waals surface area contributed by atoms with E-state index in [0.29, 0.717) is 38.4 Å². The van der Waals surface area contributed by atoms with Gasteiger partial charge in [-0.15, -0.1) is 0 Å². The van der Waals surface area contributed by atoms with Crippen molar-refractivity contribution in [1.82, 2.24) is 4.98 Å². The smallest absolute Gasteiger partial charge is 0.309 e. The molecule has 0 spiro atoms. The second kappa shape index (κ2) is 12.9. The van der Waals surface area contributed by atoms with Crippen LogP contribution in [0.15, 0.2) is 94.5 Å². The van der Waals surface area contributed by atoms with Gasteiger partial charge in [-0.25, -0.2) is 4.98 Å². The Bertz CT molecular complexity index is 1380. The first-order chi connectivity index (χ1) is 18.8. The highest BCUT2D eigenvalue weighted by Crippen LogP contribution is 2.25. The number of ether oxygens (including phenoxy) is 1. The maximum Gasteiger partial charge on any atom is 0.309 e. The number of hydrogen-bond acceptors (Lipinski definition) is 6. The normalized spacial score (nSPS) is 11.8. The Hall–Kier alpha value is -4.39. The van der Waals surface area contributed by atoms with Crippen LogP contribution in [0.3, 0.4) is 0 Å². The van der Waals surface area contributed by atoms with Gasteiger partial charge in [0.2, 0.25) is 5.89 Å². The van der Waals surface area contributed by atoms with E-state index in [1.165, 1.54) is 0 Å². The quantitative estimate of drug-likeness (QED) is 0.144. The monoisotopic (exact) mass is 526 g/mol. The third kappa shape index (κ3) is 7.80. The minimum atomic E-state index is -0.794. The topological polar surface area (TPSA) is 94.2 Å². The van der Waals surface area contributed by atoms with Gasteiger partial charge in [-0.2, -0.15) is 0 Å². The predicted molar refractivity (Wildman–Crippen MR) is 150 cm³/mol. The number of aromatic nitrogens is 1. The van der Waals surface area contributed by atoms with Crippen molar-refractivity contribution < 1.29 is 23.9 Å². The Labute approximate surface area is 229 Å². The van der Waals surface area contributed by atoms with E-state index in [2.05, 4.69) is 10.1 Å². The molecule has 4 aromatic rings. The third-order valence-electron chi connectivity index (χ3n) is 6.52. The van der Waals surface area contributed by atoms with Crippen LogP contribution in [0.5, 0.6) is 5.75 Å². The van der Waals surface area contributed by atoms with Gasteiger partial charge in [-0.1, -0.05) is 65.8 Å². The van der Waals surface area contributed by atoms with Crippen molar-refractivity contribution in [2.45, 2.75) is 53.2 Å². The van der Waals surface area contributed by atoms with Gasteiger partial charge in [0, 0.05) is 5.56 Å². The number of aliphatic carboxylic acids is 1. The number of aryl methyl sites for hydroxylation is 1. The van der Waals surface area contributed by atoms with E-state index in [1.807, 2.05) is 91.9 Å². The van der Waals surface area contributed by atoms with Crippen molar-refractivity contribution in [3.8, 4) is 17.2 Å². The van der Waals surface area contributed by atoms with Gasteiger partial charge in [0.05, 0.1) is 11.1 Å². The number of hydrogen-bond donors (Lipinski definition) is 1. The molecule has 39 heavy (non-hydrogen) atoms. The predicted octanol–water partition coefficient (Wildman–Crippen LogP) is 7.43. The van der Waals surface area contributed by atoms with Crippen molar-refractivity contribution in [1.29, 1.82) is 0 Å². The van der Waals surface area contributed by atoms with E-state index in [1.54, 1.807) is 13.8 Å². The number of carbonyl (C=O) groups is 1. The van der Waals surface area contributed by atoms with Gasteiger partial charge in [0.15, 0.2) is 0 Å². The molecule has 0 unspecified atom stereocenters. The maximum atomic E-state index is 11.4. The van der Waals surface area contributed by atoms with Gasteiger partial charge < -0.3 is 19.1 Å². The molecule has 0 bridgehead atoms. The molecule has 0 atom stereocenters. The fraction of sp³-hybridized carbons (Fsp3) is 0.281. The summed E-state index contributed by atoms with van der Waals surface area (Å²) in [4.78, 5) is 21.7. The van der Waals surface area contributed by atoms with Gasteiger partial charge in [0.25, 0.3) is 0 Å². The third-order valence-corrected chi connectivity index (χ3v) is 6.52. The number of carboxylic acid groups (broad SMARTS) is 1. The molecule has 0 fully saturated rings. The number of nitrogens with zero attached hydrogens (tertiary/aromatic N) is 2. The molecule has 0 aliphatic rings. The van der Waals surface area contributed by atoms with E-state index in [0.717, 1.165) is 39.6 Å². The molecule has 4 rings (SSSR count). The van der Waals surface area contributed by atoms with E-state index < -0.39 is 11.4 Å². The highest BCUT2D eigenvalue weighted by molar-refractivity contribution is 6.00. The summed E-state index contributed by atoms with van der Waals surface area (Å²) in [5.74, 6) is 1.24. The average Bonchev–Trinajstić information content (AvgIpc) is 3.33. The summed E-state index contributed by atoms with van der Waals surface area (Å²) < 4.78 is 11.7. The molecule has 7 nitrogen and oxygen atoms in total. The summed E-state index contributed by atoms with van der Waals surface area (Å²) in [6, 6.07) is 27.3. The number of rotatable bonds is 13. The Morgan fingerprint density at radius 3 is 2.28 bits per heavy atom. The number of benzene rings is 3. The first kappa shape index (κ1) is 27.6. The molecule has 1 heterocycles. The molecule has 0 saturated carbocycles. The van der Waals surface area contributed by atoms with Gasteiger partial charge in [0.1, 0.15) is 30.4 Å². The second-order valence-corrected chi connectivity index (χ2v) is 10.0. The fourth-order valence-corrected chi connectivity index (χ4v) is 3.96. The molecule has 202 valence electrons. The van der Waals surface area contributed by atoms with Crippen molar-refractivity contribution in [2.75, 3.05) is 0 Å². The maximum absolute atomic E-state index is 11.4. The number of oxime groups is 1. The van der Waals surface area contributed by atoms with Gasteiger partial charge >= 0.3 is 5.97 Å². The Kier molecular flexibility index (Phi) is 9.15. The van der Waals surface area contributed by atoms with Crippen molar-refractivity contribution >= 4 is 11.7 Å². The summed E-state index contributed by atoms with van der Waals surface area (Å²) in [6.45, 7) is 5.98. The highest BCUT2D eigenvalue weighted by Gasteiger charge is 2.26. The Morgan fingerprint density at radius 1 is 0.949 bits per heavy atom. The summed E-state index contributed by atoms with van der Waals surface area (Å²) >= 11 is 0. The van der Waals surface area contributed by atoms with Crippen LogP contribution in [-0.4, -0.2) is 21.8 Å². The minimum Gasteiger partial charge on any atom is -0.487 e. The molecule has 0 aliphatic heterocycles. The second-order valence-electron chi connectivity index (χ2n) is 10.0. The summed E-state index contributed by atoms with van der Waals surface area (Å²) in [5, 5.41) is 13.8. The lowest BCUT2D eigenvalue weighted by atomic mass is 9.86. The molecule has 7 heteroatoms. The standard InChI is InChI=1S/C32H34N2O5/c1-23-29(33-30(39-23)26-13-8-5-9-14-26)22-37-27-18-16-24(17-19-27)21-38-34-28(25-11-6-4-7-12-25)15-10-20-32(2,3)31(35)36/h4-9,11-14,16-19H,10,15,20-22H2,1-3H3,(H,35,36). The number of carboxylic acids is 1. The minimum absolute atomic E-state index is 0.306. The zero-order valence-corrected chi connectivity index (χ0v) is 22.6. The molecule has 0 saturated heterocycles. The Balaban J connectivity index is 1.32. The average molecular weight is 527 g/mol. The Morgan fingerprint density at radius 2 is 1.62 bits per heavy atom. The van der Waals surface area contributed by atoms with E-state index in [9.17, 15) is 9.90 Å². The number of oxazole rings is 1. The molecule has 0 aliphatic carbocycles. The van der Waals surface area contributed by atoms with E-state index >= 15 is 0 Å². The lowest BCUT2D eigenvalue weighted by Gasteiger charge is -2.18.